The number of aliphatic imine (C=N–C) groups is 1. The number of aliphatic carboxylic acids is 1. The van der Waals surface area contributed by atoms with E-state index in [1.807, 2.05) is 0 Å². The number of likely N-dealkylation sites (tertiary alicyclic amines) is 1. The molecule has 0 aliphatic carbocycles. The van der Waals surface area contributed by atoms with E-state index in [2.05, 4.69) is 20.0 Å². The van der Waals surface area contributed by atoms with E-state index in [1.54, 1.807) is 5.38 Å². The van der Waals surface area contributed by atoms with Crippen LogP contribution in [-0.4, -0.2) is 65.6 Å². The molecule has 192 valence electrons. The maximum atomic E-state index is 14.4. The number of rotatable bonds is 6. The SMILES string of the molecule is COC(=O)OC1=C(CN2C[C@H](C(=O)O)CC(F)(F)C2)NC(c2nccs2)=N[C@@H]1c1ccc(F)cc1Cl. The Balaban J connectivity index is 1.79. The molecule has 0 unspecified atom stereocenters. The number of halogens is 4. The van der Waals surface area contributed by atoms with Gasteiger partial charge in [-0.1, -0.05) is 17.7 Å². The van der Waals surface area contributed by atoms with Crippen LogP contribution in [0.1, 0.15) is 23.0 Å². The zero-order chi connectivity index (χ0) is 26.0. The normalized spacial score (nSPS) is 22.0. The van der Waals surface area contributed by atoms with Crippen molar-refractivity contribution in [3.8, 4) is 0 Å². The summed E-state index contributed by atoms with van der Waals surface area (Å²) in [5.74, 6) is -6.35. The molecule has 2 N–H and O–H groups in total. The van der Waals surface area contributed by atoms with Crippen LogP contribution in [0.5, 0.6) is 0 Å². The molecule has 2 aliphatic heterocycles. The number of hydrogen-bond acceptors (Lipinski definition) is 9. The van der Waals surface area contributed by atoms with E-state index < -0.39 is 48.8 Å². The van der Waals surface area contributed by atoms with Crippen LogP contribution in [0.15, 0.2) is 46.2 Å². The minimum atomic E-state index is -3.24. The molecule has 14 heteroatoms. The van der Waals surface area contributed by atoms with Crippen molar-refractivity contribution in [3.05, 3.63) is 62.6 Å². The fraction of sp³-hybridized carbons (Fsp3) is 0.364. The first kappa shape index (κ1) is 25.9. The molecule has 0 bridgehead atoms. The summed E-state index contributed by atoms with van der Waals surface area (Å²) in [4.78, 5) is 33.6. The van der Waals surface area contributed by atoms with Gasteiger partial charge in [-0.15, -0.1) is 11.3 Å². The minimum absolute atomic E-state index is 0.00935. The van der Waals surface area contributed by atoms with Gasteiger partial charge in [0.05, 0.1) is 25.3 Å². The Morgan fingerprint density at radius 3 is 2.81 bits per heavy atom. The third kappa shape index (κ3) is 5.79. The number of nitrogens with zero attached hydrogens (tertiary/aromatic N) is 3. The van der Waals surface area contributed by atoms with Crippen LogP contribution in [0.3, 0.4) is 0 Å². The van der Waals surface area contributed by atoms with Gasteiger partial charge >= 0.3 is 12.1 Å². The quantitative estimate of drug-likeness (QED) is 0.523. The molecule has 0 saturated carbocycles. The highest BCUT2D eigenvalue weighted by Crippen LogP contribution is 2.38. The number of methoxy groups -OCH3 is 1. The van der Waals surface area contributed by atoms with E-state index in [0.29, 0.717) is 5.01 Å². The van der Waals surface area contributed by atoms with E-state index in [4.69, 9.17) is 16.3 Å². The standard InChI is InChI=1S/C22H20ClF3N4O5S/c1-34-21(33)35-17-15(9-30-8-11(20(31)32)7-22(25,26)10-30)28-18(19-27-4-5-36-19)29-16(17)13-3-2-12(24)6-14(13)23/h2-6,11,16H,7-10H2,1H3,(H,28,29)(H,31,32)/t11-,16-/m1/s1. The Kier molecular flexibility index (Phi) is 7.52. The highest BCUT2D eigenvalue weighted by atomic mass is 35.5. The van der Waals surface area contributed by atoms with Gasteiger partial charge in [0.2, 0.25) is 0 Å². The molecule has 3 heterocycles. The van der Waals surface area contributed by atoms with Crippen molar-refractivity contribution in [2.75, 3.05) is 26.7 Å². The monoisotopic (exact) mass is 544 g/mol. The summed E-state index contributed by atoms with van der Waals surface area (Å²) in [6, 6.07) is 2.49. The maximum absolute atomic E-state index is 14.4. The fourth-order valence-electron chi connectivity index (χ4n) is 4.04. The van der Waals surface area contributed by atoms with Crippen molar-refractivity contribution in [1.82, 2.24) is 15.2 Å². The number of ether oxygens (including phenoxy) is 2. The maximum Gasteiger partial charge on any atom is 0.513 e. The van der Waals surface area contributed by atoms with Crippen molar-refractivity contribution in [1.29, 1.82) is 0 Å². The number of carboxylic acids is 1. The Bertz CT molecular complexity index is 1220. The second-order valence-electron chi connectivity index (χ2n) is 8.17. The molecule has 1 fully saturated rings. The highest BCUT2D eigenvalue weighted by Gasteiger charge is 2.44. The number of hydrogen-bond donors (Lipinski definition) is 2. The van der Waals surface area contributed by atoms with Crippen molar-refractivity contribution < 1.29 is 37.3 Å². The van der Waals surface area contributed by atoms with Crippen molar-refractivity contribution >= 4 is 40.9 Å². The lowest BCUT2D eigenvalue weighted by Gasteiger charge is -2.37. The first-order valence-electron chi connectivity index (χ1n) is 10.6. The van der Waals surface area contributed by atoms with Gasteiger partial charge < -0.3 is 19.9 Å². The summed E-state index contributed by atoms with van der Waals surface area (Å²) in [6.45, 7) is -1.11. The number of carbonyl (C=O) groups excluding carboxylic acids is 1. The summed E-state index contributed by atoms with van der Waals surface area (Å²) in [6.07, 6.45) is -0.347. The van der Waals surface area contributed by atoms with Gasteiger partial charge in [-0.2, -0.15) is 0 Å². The lowest BCUT2D eigenvalue weighted by Crippen LogP contribution is -2.51. The van der Waals surface area contributed by atoms with E-state index >= 15 is 0 Å². The molecule has 2 aliphatic rings. The average Bonchev–Trinajstić information content (AvgIpc) is 3.34. The van der Waals surface area contributed by atoms with Gasteiger partial charge in [0.25, 0.3) is 5.92 Å². The van der Waals surface area contributed by atoms with E-state index in [9.17, 15) is 27.9 Å². The second kappa shape index (κ2) is 10.4. The lowest BCUT2D eigenvalue weighted by molar-refractivity contribution is -0.152. The van der Waals surface area contributed by atoms with E-state index in [1.165, 1.54) is 28.5 Å². The third-order valence-corrected chi connectivity index (χ3v) is 6.64. The largest absolute Gasteiger partial charge is 0.513 e. The van der Waals surface area contributed by atoms with Gasteiger partial charge in [0.1, 0.15) is 11.9 Å². The van der Waals surface area contributed by atoms with Gasteiger partial charge in [-0.05, 0) is 12.1 Å². The third-order valence-electron chi connectivity index (χ3n) is 5.53. The summed E-state index contributed by atoms with van der Waals surface area (Å²) in [7, 11) is 1.09. The molecular formula is C22H20ClF3N4O5S. The van der Waals surface area contributed by atoms with Crippen molar-refractivity contribution in [2.24, 2.45) is 10.9 Å². The molecule has 2 atom stereocenters. The molecule has 9 nitrogen and oxygen atoms in total. The molecule has 0 amide bonds. The van der Waals surface area contributed by atoms with Crippen molar-refractivity contribution in [3.63, 3.8) is 0 Å². The summed E-state index contributed by atoms with van der Waals surface area (Å²) in [5, 5.41) is 14.5. The van der Waals surface area contributed by atoms with Gasteiger partial charge in [0.15, 0.2) is 16.6 Å². The Labute approximate surface area is 212 Å². The van der Waals surface area contributed by atoms with Gasteiger partial charge in [-0.25, -0.2) is 27.9 Å². The zero-order valence-corrected chi connectivity index (χ0v) is 20.3. The summed E-state index contributed by atoms with van der Waals surface area (Å²) in [5.41, 5.74) is 0.422. The number of nitrogens with one attached hydrogen (secondary N) is 1. The number of aromatic nitrogens is 1. The van der Waals surface area contributed by atoms with Crippen LogP contribution >= 0.6 is 22.9 Å². The lowest BCUT2D eigenvalue weighted by atomic mass is 9.94. The number of carboxylic acid groups (broad SMARTS) is 1. The predicted octanol–water partition coefficient (Wildman–Crippen LogP) is 4.06. The number of carbonyl (C=O) groups is 2. The molecular weight excluding hydrogens is 525 g/mol. The minimum Gasteiger partial charge on any atom is -0.481 e. The Hall–Kier alpha value is -3.16. The first-order valence-corrected chi connectivity index (χ1v) is 11.8. The van der Waals surface area contributed by atoms with Gasteiger partial charge in [-0.3, -0.25) is 9.69 Å². The summed E-state index contributed by atoms with van der Waals surface area (Å²) >= 11 is 7.53. The molecule has 4 rings (SSSR count). The van der Waals surface area contributed by atoms with E-state index in [-0.39, 0.29) is 41.0 Å². The smallest absolute Gasteiger partial charge is 0.481 e. The number of alkyl halides is 2. The van der Waals surface area contributed by atoms with Crippen LogP contribution in [0, 0.1) is 11.7 Å². The number of benzene rings is 1. The number of piperidine rings is 1. The Morgan fingerprint density at radius 2 is 2.17 bits per heavy atom. The number of thiazole rings is 1. The van der Waals surface area contributed by atoms with Crippen LogP contribution in [-0.2, 0) is 14.3 Å². The molecule has 1 aromatic heterocycles. The fourth-order valence-corrected chi connectivity index (χ4v) is 4.90. The van der Waals surface area contributed by atoms with Gasteiger partial charge in [0, 0.05) is 41.7 Å². The Morgan fingerprint density at radius 1 is 1.39 bits per heavy atom. The molecule has 0 radical (unpaired) electrons. The molecule has 2 aromatic rings. The predicted molar refractivity (Wildman–Crippen MR) is 124 cm³/mol. The summed E-state index contributed by atoms with van der Waals surface area (Å²) < 4.78 is 52.5. The van der Waals surface area contributed by atoms with Crippen LogP contribution in [0.2, 0.25) is 5.02 Å². The van der Waals surface area contributed by atoms with Crippen LogP contribution in [0.4, 0.5) is 18.0 Å². The zero-order valence-electron chi connectivity index (χ0n) is 18.7. The first-order chi connectivity index (χ1) is 17.1. The van der Waals surface area contributed by atoms with Crippen LogP contribution < -0.4 is 5.32 Å². The average molecular weight is 545 g/mol. The topological polar surface area (TPSA) is 113 Å². The highest BCUT2D eigenvalue weighted by molar-refractivity contribution is 7.11. The number of amidine groups is 1. The molecule has 0 spiro atoms. The van der Waals surface area contributed by atoms with Crippen LogP contribution in [0.25, 0.3) is 0 Å². The van der Waals surface area contributed by atoms with Crippen molar-refractivity contribution in [2.45, 2.75) is 18.4 Å². The van der Waals surface area contributed by atoms with E-state index in [0.717, 1.165) is 19.2 Å². The molecule has 1 saturated heterocycles. The second-order valence-corrected chi connectivity index (χ2v) is 9.47. The molecule has 36 heavy (non-hydrogen) atoms. The molecule has 1 aromatic carbocycles.